The molecule has 0 aromatic rings. The Labute approximate surface area is 148 Å². The molecule has 1 N–H and O–H groups in total. The van der Waals surface area contributed by atoms with E-state index in [2.05, 4.69) is 9.37 Å². The van der Waals surface area contributed by atoms with E-state index in [0.717, 1.165) is 13.8 Å². The minimum absolute atomic E-state index is 0.183. The maximum atomic E-state index is 14.3. The Morgan fingerprint density at radius 1 is 1.32 bits per heavy atom. The zero-order chi connectivity index (χ0) is 19.3. The van der Waals surface area contributed by atoms with Crippen molar-refractivity contribution in [2.24, 2.45) is 10.8 Å². The van der Waals surface area contributed by atoms with Gasteiger partial charge in [0.25, 0.3) is 5.92 Å². The van der Waals surface area contributed by atoms with Crippen LogP contribution in [0.1, 0.15) is 47.5 Å². The molecule has 2 rings (SSSR count). The molecule has 25 heavy (non-hydrogen) atoms. The summed E-state index contributed by atoms with van der Waals surface area (Å²) < 4.78 is 41.1. The summed E-state index contributed by atoms with van der Waals surface area (Å²) in [6, 6.07) is 0. The van der Waals surface area contributed by atoms with Crippen molar-refractivity contribution in [3.05, 3.63) is 0 Å². The molecule has 2 bridgehead atoms. The predicted molar refractivity (Wildman–Crippen MR) is 82.3 cm³/mol. The molecule has 2 unspecified atom stereocenters. The topological polar surface area (TPSA) is 91.3 Å². The highest BCUT2D eigenvalue weighted by molar-refractivity contribution is 7.96. The third-order valence-corrected chi connectivity index (χ3v) is 6.80. The van der Waals surface area contributed by atoms with Crippen LogP contribution in [-0.2, 0) is 28.4 Å². The molecule has 1 saturated heterocycles. The minimum Gasteiger partial charge on any atom is -0.456 e. The zero-order valence-corrected chi connectivity index (χ0v) is 15.5. The molecule has 0 spiro atoms. The number of rotatable bonds is 7. The summed E-state index contributed by atoms with van der Waals surface area (Å²) in [5, 5.41) is 11.4. The molecule has 1 heterocycles. The van der Waals surface area contributed by atoms with Crippen LogP contribution in [0.15, 0.2) is 0 Å². The average Bonchev–Trinajstić information content (AvgIpc) is 2.81. The SMILES string of the molecule is CC(C)(SOOO)C(F)(F)COC(=O)C12CCC(C)(C(=O)O1)C2(C)C. The molecule has 2 atom stereocenters. The van der Waals surface area contributed by atoms with Gasteiger partial charge in [-0.3, -0.25) is 4.79 Å². The zero-order valence-electron chi connectivity index (χ0n) is 14.7. The monoisotopic (exact) mass is 384 g/mol. The van der Waals surface area contributed by atoms with Gasteiger partial charge in [-0.1, -0.05) is 18.9 Å². The first-order chi connectivity index (χ1) is 11.3. The molecule has 2 aliphatic rings. The van der Waals surface area contributed by atoms with Crippen LogP contribution in [0.3, 0.4) is 0 Å². The molecule has 0 aromatic heterocycles. The molecule has 144 valence electrons. The third-order valence-electron chi connectivity index (χ3n) is 5.95. The van der Waals surface area contributed by atoms with Crippen LogP contribution < -0.4 is 0 Å². The fourth-order valence-corrected chi connectivity index (χ4v) is 3.69. The first-order valence-corrected chi connectivity index (χ1v) is 8.46. The van der Waals surface area contributed by atoms with E-state index in [9.17, 15) is 18.4 Å². The minimum atomic E-state index is -3.50. The lowest BCUT2D eigenvalue weighted by Crippen LogP contribution is -2.51. The number of halogens is 2. The normalized spacial score (nSPS) is 31.1. The van der Waals surface area contributed by atoms with Crippen molar-refractivity contribution in [2.45, 2.75) is 63.7 Å². The number of fused-ring (bicyclic) bond motifs is 2. The summed E-state index contributed by atoms with van der Waals surface area (Å²) in [5.41, 5.74) is -3.28. The fourth-order valence-electron chi connectivity index (χ4n) is 3.31. The first-order valence-electron chi connectivity index (χ1n) is 7.72. The van der Waals surface area contributed by atoms with Crippen molar-refractivity contribution >= 4 is 24.0 Å². The Kier molecular flexibility index (Phi) is 4.91. The number of carbonyl (C=O) groups excluding carboxylic acids is 2. The van der Waals surface area contributed by atoms with E-state index in [1.807, 2.05) is 0 Å². The van der Waals surface area contributed by atoms with E-state index in [-0.39, 0.29) is 18.5 Å². The summed E-state index contributed by atoms with van der Waals surface area (Å²) in [6.07, 6.45) is 0.652. The van der Waals surface area contributed by atoms with Crippen molar-refractivity contribution in [3.63, 3.8) is 0 Å². The van der Waals surface area contributed by atoms with E-state index < -0.39 is 45.6 Å². The molecular weight excluding hydrogens is 362 g/mol. The second-order valence-electron chi connectivity index (χ2n) is 7.69. The van der Waals surface area contributed by atoms with Crippen LogP contribution in [0.4, 0.5) is 8.78 Å². The molecule has 10 heteroatoms. The lowest BCUT2D eigenvalue weighted by Gasteiger charge is -2.36. The van der Waals surface area contributed by atoms with Crippen molar-refractivity contribution in [1.29, 1.82) is 0 Å². The number of hydrogen-bond donors (Lipinski definition) is 1. The number of carbonyl (C=O) groups is 2. The van der Waals surface area contributed by atoms with E-state index in [1.165, 1.54) is 0 Å². The molecule has 1 aliphatic carbocycles. The predicted octanol–water partition coefficient (Wildman–Crippen LogP) is 3.13. The molecule has 0 radical (unpaired) electrons. The lowest BCUT2D eigenvalue weighted by atomic mass is 9.66. The number of hydrogen-bond acceptors (Lipinski definition) is 8. The Morgan fingerprint density at radius 3 is 2.36 bits per heavy atom. The van der Waals surface area contributed by atoms with Gasteiger partial charge in [0, 0.05) is 17.5 Å². The molecule has 2 fully saturated rings. The summed E-state index contributed by atoms with van der Waals surface area (Å²) in [5.74, 6) is -5.00. The standard InChI is InChI=1S/C15H22F2O7S/c1-11(2)13(5)6-7-14(11,22-9(13)18)10(19)21-8-15(16,17)12(3,4)25-24-23-20/h20H,6-8H2,1-5H3. The van der Waals surface area contributed by atoms with Crippen LogP contribution in [0.2, 0.25) is 0 Å². The fraction of sp³-hybridized carbons (Fsp3) is 0.867. The molecule has 0 aromatic carbocycles. The highest BCUT2D eigenvalue weighted by Crippen LogP contribution is 2.65. The maximum Gasteiger partial charge on any atom is 0.351 e. The smallest absolute Gasteiger partial charge is 0.351 e. The average molecular weight is 384 g/mol. The Balaban J connectivity index is 2.12. The second kappa shape index (κ2) is 6.04. The first kappa shape index (κ1) is 20.3. The van der Waals surface area contributed by atoms with Crippen LogP contribution >= 0.6 is 12.0 Å². The highest BCUT2D eigenvalue weighted by Gasteiger charge is 2.76. The molecular formula is C15H22F2O7S. The van der Waals surface area contributed by atoms with E-state index in [0.29, 0.717) is 6.42 Å². The summed E-state index contributed by atoms with van der Waals surface area (Å²) in [6.45, 7) is 6.15. The summed E-state index contributed by atoms with van der Waals surface area (Å²) >= 11 is 0.183. The van der Waals surface area contributed by atoms with Gasteiger partial charge in [0.05, 0.1) is 5.41 Å². The van der Waals surface area contributed by atoms with Gasteiger partial charge in [-0.15, -0.1) is 4.33 Å². The van der Waals surface area contributed by atoms with E-state index in [4.69, 9.17) is 14.7 Å². The largest absolute Gasteiger partial charge is 0.456 e. The quantitative estimate of drug-likeness (QED) is 0.310. The van der Waals surface area contributed by atoms with Crippen molar-refractivity contribution < 1.29 is 42.5 Å². The van der Waals surface area contributed by atoms with Gasteiger partial charge in [0.15, 0.2) is 6.61 Å². The van der Waals surface area contributed by atoms with Crippen molar-refractivity contribution in [3.8, 4) is 0 Å². The molecule has 7 nitrogen and oxygen atoms in total. The van der Waals surface area contributed by atoms with Crippen LogP contribution in [0, 0.1) is 10.8 Å². The Morgan fingerprint density at radius 2 is 1.92 bits per heavy atom. The van der Waals surface area contributed by atoms with Crippen LogP contribution in [0.25, 0.3) is 0 Å². The maximum absolute atomic E-state index is 14.3. The Hall–Kier alpha value is -0.970. The number of alkyl halides is 2. The van der Waals surface area contributed by atoms with Gasteiger partial charge in [-0.2, -0.15) is 0 Å². The second-order valence-corrected chi connectivity index (χ2v) is 9.01. The van der Waals surface area contributed by atoms with Gasteiger partial charge >= 0.3 is 11.9 Å². The number of esters is 2. The summed E-state index contributed by atoms with van der Waals surface area (Å²) in [7, 11) is 0. The third kappa shape index (κ3) is 2.73. The van der Waals surface area contributed by atoms with Crippen LogP contribution in [-0.4, -0.2) is 40.1 Å². The van der Waals surface area contributed by atoms with Gasteiger partial charge in [0.1, 0.15) is 4.75 Å². The van der Waals surface area contributed by atoms with Crippen LogP contribution in [0.5, 0.6) is 0 Å². The molecule has 0 amide bonds. The lowest BCUT2D eigenvalue weighted by molar-refractivity contribution is -0.433. The Bertz CT molecular complexity index is 580. The summed E-state index contributed by atoms with van der Waals surface area (Å²) in [4.78, 5) is 24.7. The van der Waals surface area contributed by atoms with Gasteiger partial charge in [-0.05, 0) is 33.6 Å². The van der Waals surface area contributed by atoms with Gasteiger partial charge in [0.2, 0.25) is 5.60 Å². The van der Waals surface area contributed by atoms with E-state index >= 15 is 0 Å². The van der Waals surface area contributed by atoms with Gasteiger partial charge < -0.3 is 9.47 Å². The number of ether oxygens (including phenoxy) is 2. The molecule has 1 saturated carbocycles. The van der Waals surface area contributed by atoms with Crippen molar-refractivity contribution in [1.82, 2.24) is 0 Å². The molecule has 1 aliphatic heterocycles. The van der Waals surface area contributed by atoms with E-state index in [1.54, 1.807) is 20.8 Å². The van der Waals surface area contributed by atoms with Crippen molar-refractivity contribution in [2.75, 3.05) is 6.61 Å². The highest BCUT2D eigenvalue weighted by atomic mass is 32.2. The van der Waals surface area contributed by atoms with Gasteiger partial charge in [-0.25, -0.2) is 18.8 Å².